The van der Waals surface area contributed by atoms with Crippen LogP contribution in [0, 0.1) is 16.5 Å². The number of thiophene rings is 1. The fraction of sp³-hybridized carbons (Fsp3) is 0.545. The summed E-state index contributed by atoms with van der Waals surface area (Å²) in [5, 5.41) is 8.55. The van der Waals surface area contributed by atoms with Gasteiger partial charge in [0.1, 0.15) is 4.21 Å². The Balaban J connectivity index is 2.32. The van der Waals surface area contributed by atoms with Gasteiger partial charge >= 0.3 is 5.97 Å². The number of rotatable bonds is 3. The van der Waals surface area contributed by atoms with Gasteiger partial charge in [0.05, 0.1) is 5.92 Å². The Morgan fingerprint density at radius 2 is 2.16 bits per heavy atom. The maximum absolute atomic E-state index is 12.9. The molecule has 1 aromatic rings. The molecule has 1 unspecified atom stereocenters. The van der Waals surface area contributed by atoms with Crippen LogP contribution in [0.3, 0.4) is 0 Å². The molecule has 2 heterocycles. The van der Waals surface area contributed by atoms with Gasteiger partial charge in [-0.3, -0.25) is 4.79 Å². The van der Waals surface area contributed by atoms with E-state index in [0.29, 0.717) is 11.3 Å². The van der Waals surface area contributed by atoms with E-state index < -0.39 is 32.5 Å². The lowest BCUT2D eigenvalue weighted by Crippen LogP contribution is -2.29. The van der Waals surface area contributed by atoms with Crippen LogP contribution in [0.25, 0.3) is 0 Å². The van der Waals surface area contributed by atoms with Crippen molar-refractivity contribution >= 4 is 27.3 Å². The summed E-state index contributed by atoms with van der Waals surface area (Å²) in [6.45, 7) is 3.47. The molecule has 0 spiro atoms. The van der Waals surface area contributed by atoms with E-state index in [2.05, 4.69) is 0 Å². The van der Waals surface area contributed by atoms with E-state index in [1.807, 2.05) is 0 Å². The van der Waals surface area contributed by atoms with Gasteiger partial charge in [0, 0.05) is 13.1 Å². The van der Waals surface area contributed by atoms with Crippen LogP contribution in [0.2, 0.25) is 0 Å². The highest BCUT2D eigenvalue weighted by atomic mass is 32.2. The lowest BCUT2D eigenvalue weighted by molar-refractivity contribution is -0.143. The highest BCUT2D eigenvalue weighted by Gasteiger charge is 2.48. The summed E-state index contributed by atoms with van der Waals surface area (Å²) in [4.78, 5) is 11.2. The van der Waals surface area contributed by atoms with E-state index in [-0.39, 0.29) is 17.3 Å². The maximum atomic E-state index is 12.9. The molecular weight excluding hydrogens is 293 g/mol. The molecule has 0 amide bonds. The van der Waals surface area contributed by atoms with Gasteiger partial charge in [0.2, 0.25) is 0 Å². The molecule has 1 atom stereocenters. The molecule has 1 aliphatic rings. The third-order valence-corrected chi connectivity index (χ3v) is 6.51. The second-order valence-electron chi connectivity index (χ2n) is 5.24. The van der Waals surface area contributed by atoms with Crippen molar-refractivity contribution in [3.8, 4) is 0 Å². The number of halogens is 1. The van der Waals surface area contributed by atoms with E-state index in [1.165, 1.54) is 6.07 Å². The zero-order valence-electron chi connectivity index (χ0n) is 10.5. The van der Waals surface area contributed by atoms with E-state index in [0.717, 1.165) is 10.4 Å². The van der Waals surface area contributed by atoms with E-state index in [1.54, 1.807) is 13.8 Å². The topological polar surface area (TPSA) is 74.7 Å². The van der Waals surface area contributed by atoms with Crippen molar-refractivity contribution in [3.63, 3.8) is 0 Å². The molecule has 0 bridgehead atoms. The van der Waals surface area contributed by atoms with Crippen molar-refractivity contribution in [2.24, 2.45) is 11.3 Å². The summed E-state index contributed by atoms with van der Waals surface area (Å²) >= 11 is 0.548. The summed E-state index contributed by atoms with van der Waals surface area (Å²) in [6, 6.07) is 2.30. The largest absolute Gasteiger partial charge is 0.481 e. The molecule has 19 heavy (non-hydrogen) atoms. The molecule has 0 aromatic carbocycles. The minimum atomic E-state index is -3.81. The maximum Gasteiger partial charge on any atom is 0.308 e. The highest BCUT2D eigenvalue weighted by Crippen LogP contribution is 2.38. The fourth-order valence-corrected chi connectivity index (χ4v) is 5.02. The summed E-state index contributed by atoms with van der Waals surface area (Å²) in [5.74, 6) is -1.77. The quantitative estimate of drug-likeness (QED) is 0.921. The Kier molecular flexibility index (Phi) is 3.44. The van der Waals surface area contributed by atoms with Crippen LogP contribution >= 0.6 is 11.3 Å². The number of carbonyl (C=O) groups is 1. The first kappa shape index (κ1) is 14.4. The summed E-state index contributed by atoms with van der Waals surface area (Å²) < 4.78 is 38.5. The molecule has 1 N–H and O–H groups in total. The minimum absolute atomic E-state index is 0.0792. The average molecular weight is 307 g/mol. The van der Waals surface area contributed by atoms with Crippen molar-refractivity contribution in [3.05, 3.63) is 17.3 Å². The van der Waals surface area contributed by atoms with Crippen LogP contribution in [0.4, 0.5) is 4.39 Å². The zero-order chi connectivity index (χ0) is 14.4. The number of nitrogens with zero attached hydrogens (tertiary/aromatic N) is 1. The second kappa shape index (κ2) is 4.53. The SMILES string of the molecule is CC1(C)CN(S(=O)(=O)c2ccc(F)s2)CC1C(=O)O. The van der Waals surface area contributed by atoms with E-state index >= 15 is 0 Å². The Bertz CT molecular complexity index is 608. The Morgan fingerprint density at radius 3 is 2.58 bits per heavy atom. The molecule has 106 valence electrons. The molecule has 2 rings (SSSR count). The predicted octanol–water partition coefficient (Wildman–Crippen LogP) is 1.62. The van der Waals surface area contributed by atoms with Crippen LogP contribution in [0.1, 0.15) is 13.8 Å². The Hall–Kier alpha value is -0.990. The van der Waals surface area contributed by atoms with Crippen LogP contribution in [0.5, 0.6) is 0 Å². The van der Waals surface area contributed by atoms with Gasteiger partial charge in [-0.25, -0.2) is 8.42 Å². The third-order valence-electron chi connectivity index (χ3n) is 3.35. The molecule has 1 fully saturated rings. The zero-order valence-corrected chi connectivity index (χ0v) is 12.1. The predicted molar refractivity (Wildman–Crippen MR) is 67.9 cm³/mol. The average Bonchev–Trinajstić information content (AvgIpc) is 2.82. The lowest BCUT2D eigenvalue weighted by atomic mass is 9.82. The van der Waals surface area contributed by atoms with Gasteiger partial charge in [0.15, 0.2) is 5.13 Å². The molecular formula is C11H14FNO4S2. The number of hydrogen-bond acceptors (Lipinski definition) is 4. The van der Waals surface area contributed by atoms with Crippen molar-refractivity contribution in [1.82, 2.24) is 4.31 Å². The normalized spacial score (nSPS) is 23.6. The molecule has 0 aliphatic carbocycles. The van der Waals surface area contributed by atoms with Crippen molar-refractivity contribution in [1.29, 1.82) is 0 Å². The Morgan fingerprint density at radius 1 is 1.53 bits per heavy atom. The van der Waals surface area contributed by atoms with Crippen molar-refractivity contribution < 1.29 is 22.7 Å². The van der Waals surface area contributed by atoms with Crippen LogP contribution in [0.15, 0.2) is 16.3 Å². The highest BCUT2D eigenvalue weighted by molar-refractivity contribution is 7.91. The van der Waals surface area contributed by atoms with Gasteiger partial charge in [-0.05, 0) is 17.5 Å². The molecule has 5 nitrogen and oxygen atoms in total. The summed E-state index contributed by atoms with van der Waals surface area (Å²) in [7, 11) is -3.81. The first-order chi connectivity index (χ1) is 8.64. The monoisotopic (exact) mass is 307 g/mol. The van der Waals surface area contributed by atoms with E-state index in [9.17, 15) is 17.6 Å². The third kappa shape index (κ3) is 2.52. The number of carboxylic acid groups (broad SMARTS) is 1. The van der Waals surface area contributed by atoms with Crippen molar-refractivity contribution in [2.45, 2.75) is 18.1 Å². The number of sulfonamides is 1. The smallest absolute Gasteiger partial charge is 0.308 e. The number of aliphatic carboxylic acids is 1. The first-order valence-electron chi connectivity index (χ1n) is 5.63. The van der Waals surface area contributed by atoms with Gasteiger partial charge in [-0.1, -0.05) is 25.2 Å². The van der Waals surface area contributed by atoms with Crippen LogP contribution in [-0.4, -0.2) is 36.9 Å². The fourth-order valence-electron chi connectivity index (χ4n) is 2.24. The minimum Gasteiger partial charge on any atom is -0.481 e. The molecule has 1 aromatic heterocycles. The molecule has 0 saturated carbocycles. The first-order valence-corrected chi connectivity index (χ1v) is 7.88. The van der Waals surface area contributed by atoms with Crippen molar-refractivity contribution in [2.75, 3.05) is 13.1 Å². The number of carboxylic acids is 1. The Labute approximate surface area is 114 Å². The lowest BCUT2D eigenvalue weighted by Gasteiger charge is -2.21. The van der Waals surface area contributed by atoms with Gasteiger partial charge in [0.25, 0.3) is 10.0 Å². The molecule has 8 heteroatoms. The van der Waals surface area contributed by atoms with Gasteiger partial charge in [-0.2, -0.15) is 8.70 Å². The second-order valence-corrected chi connectivity index (χ2v) is 8.43. The standard InChI is InChI=1S/C11H14FNO4S2/c1-11(2)6-13(5-7(11)10(14)15)19(16,17)9-4-3-8(12)18-9/h3-4,7H,5-6H2,1-2H3,(H,14,15). The summed E-state index contributed by atoms with van der Waals surface area (Å²) in [5.41, 5.74) is -0.644. The number of hydrogen-bond donors (Lipinski definition) is 1. The van der Waals surface area contributed by atoms with Crippen LogP contribution in [-0.2, 0) is 14.8 Å². The van der Waals surface area contributed by atoms with E-state index in [4.69, 9.17) is 5.11 Å². The van der Waals surface area contributed by atoms with Gasteiger partial charge in [-0.15, -0.1) is 0 Å². The van der Waals surface area contributed by atoms with Gasteiger partial charge < -0.3 is 5.11 Å². The summed E-state index contributed by atoms with van der Waals surface area (Å²) in [6.07, 6.45) is 0. The molecule has 1 aliphatic heterocycles. The van der Waals surface area contributed by atoms with Crippen LogP contribution < -0.4 is 0 Å². The molecule has 0 radical (unpaired) electrons. The molecule has 1 saturated heterocycles.